The van der Waals surface area contributed by atoms with Crippen molar-refractivity contribution in [3.8, 4) is 0 Å². The van der Waals surface area contributed by atoms with Gasteiger partial charge in [-0.25, -0.2) is 9.37 Å². The maximum Gasteiger partial charge on any atom is 0.432 e. The van der Waals surface area contributed by atoms with Crippen molar-refractivity contribution in [2.24, 2.45) is 0 Å². The number of nitrogens with zero attached hydrogens (tertiary/aromatic N) is 2. The van der Waals surface area contributed by atoms with Crippen molar-refractivity contribution in [2.45, 2.75) is 31.9 Å². The number of aromatic nitrogens is 2. The third-order valence-corrected chi connectivity index (χ3v) is 4.43. The molecule has 1 amide bonds. The van der Waals surface area contributed by atoms with Crippen molar-refractivity contribution in [1.82, 2.24) is 14.9 Å². The minimum Gasteiger partial charge on any atom is -0.338 e. The Labute approximate surface area is 141 Å². The molecule has 1 unspecified atom stereocenters. The summed E-state index contributed by atoms with van der Waals surface area (Å²) in [6.45, 7) is 2.45. The van der Waals surface area contributed by atoms with Crippen LogP contribution in [0.4, 0.5) is 17.6 Å². The number of rotatable bonds is 2. The quantitative estimate of drug-likeness (QED) is 0.831. The van der Waals surface area contributed by atoms with Crippen LogP contribution >= 0.6 is 0 Å². The predicted octanol–water partition coefficient (Wildman–Crippen LogP) is 3.90. The molecule has 1 atom stereocenters. The summed E-state index contributed by atoms with van der Waals surface area (Å²) in [4.78, 5) is 20.3. The van der Waals surface area contributed by atoms with Crippen LogP contribution in [0.3, 0.4) is 0 Å². The van der Waals surface area contributed by atoms with Crippen LogP contribution in [0, 0.1) is 12.7 Å². The van der Waals surface area contributed by atoms with E-state index in [-0.39, 0.29) is 29.8 Å². The number of imidazole rings is 1. The Morgan fingerprint density at radius 2 is 2.12 bits per heavy atom. The van der Waals surface area contributed by atoms with E-state index in [4.69, 9.17) is 0 Å². The van der Waals surface area contributed by atoms with E-state index in [0.717, 1.165) is 6.20 Å². The molecule has 1 saturated heterocycles. The number of nitrogens with one attached hydrogen (secondary N) is 1. The molecular weight excluding hydrogens is 338 g/mol. The second-order valence-corrected chi connectivity index (χ2v) is 6.23. The van der Waals surface area contributed by atoms with Crippen molar-refractivity contribution in [3.05, 3.63) is 52.9 Å². The molecule has 1 fully saturated rings. The van der Waals surface area contributed by atoms with Gasteiger partial charge in [0, 0.05) is 24.6 Å². The largest absolute Gasteiger partial charge is 0.432 e. The SMILES string of the molecule is Cc1ccc(F)cc1C(=O)N1CCCC(c2ncc(C(F)(F)F)[nH]2)C1. The van der Waals surface area contributed by atoms with Gasteiger partial charge in [-0.05, 0) is 37.5 Å². The summed E-state index contributed by atoms with van der Waals surface area (Å²) in [6, 6.07) is 4.01. The average molecular weight is 355 g/mol. The second-order valence-electron chi connectivity index (χ2n) is 6.23. The summed E-state index contributed by atoms with van der Waals surface area (Å²) >= 11 is 0. The van der Waals surface area contributed by atoms with Crippen molar-refractivity contribution in [3.63, 3.8) is 0 Å². The molecule has 4 nitrogen and oxygen atoms in total. The lowest BCUT2D eigenvalue weighted by atomic mass is 9.96. The zero-order valence-electron chi connectivity index (χ0n) is 13.5. The molecule has 0 bridgehead atoms. The highest BCUT2D eigenvalue weighted by atomic mass is 19.4. The van der Waals surface area contributed by atoms with Gasteiger partial charge < -0.3 is 9.88 Å². The van der Waals surface area contributed by atoms with Crippen LogP contribution in [0.15, 0.2) is 24.4 Å². The number of alkyl halides is 3. The van der Waals surface area contributed by atoms with E-state index in [1.165, 1.54) is 18.2 Å². The van der Waals surface area contributed by atoms with E-state index in [2.05, 4.69) is 9.97 Å². The third-order valence-electron chi connectivity index (χ3n) is 4.43. The molecule has 3 rings (SSSR count). The molecule has 1 aliphatic heterocycles. The van der Waals surface area contributed by atoms with Gasteiger partial charge in [-0.1, -0.05) is 6.07 Å². The van der Waals surface area contributed by atoms with E-state index < -0.39 is 17.7 Å². The number of benzene rings is 1. The first-order valence-corrected chi connectivity index (χ1v) is 7.93. The number of piperidine rings is 1. The molecule has 1 aromatic heterocycles. The zero-order chi connectivity index (χ0) is 18.2. The lowest BCUT2D eigenvalue weighted by Gasteiger charge is -2.32. The summed E-state index contributed by atoms with van der Waals surface area (Å²) in [6.07, 6.45) is -2.43. The fourth-order valence-electron chi connectivity index (χ4n) is 3.07. The summed E-state index contributed by atoms with van der Waals surface area (Å²) < 4.78 is 51.6. The number of hydrogen-bond acceptors (Lipinski definition) is 2. The van der Waals surface area contributed by atoms with Crippen molar-refractivity contribution >= 4 is 5.91 Å². The van der Waals surface area contributed by atoms with E-state index in [1.807, 2.05) is 0 Å². The van der Waals surface area contributed by atoms with Crippen LogP contribution in [-0.4, -0.2) is 33.9 Å². The van der Waals surface area contributed by atoms with Crippen LogP contribution in [0.25, 0.3) is 0 Å². The summed E-state index contributed by atoms with van der Waals surface area (Å²) in [5, 5.41) is 0. The molecule has 2 heterocycles. The second kappa shape index (κ2) is 6.50. The Hall–Kier alpha value is -2.38. The number of carbonyl (C=O) groups is 1. The third kappa shape index (κ3) is 3.67. The number of amides is 1. The molecule has 0 spiro atoms. The van der Waals surface area contributed by atoms with Crippen molar-refractivity contribution < 1.29 is 22.4 Å². The van der Waals surface area contributed by atoms with Gasteiger partial charge in [0.1, 0.15) is 17.3 Å². The number of likely N-dealkylation sites (tertiary alicyclic amines) is 1. The Morgan fingerprint density at radius 3 is 2.80 bits per heavy atom. The van der Waals surface area contributed by atoms with E-state index in [1.54, 1.807) is 11.8 Å². The highest BCUT2D eigenvalue weighted by Gasteiger charge is 2.35. The Morgan fingerprint density at radius 1 is 1.36 bits per heavy atom. The molecule has 8 heteroatoms. The van der Waals surface area contributed by atoms with Crippen LogP contribution in [0.5, 0.6) is 0 Å². The standard InChI is InChI=1S/C17H17F4N3O/c1-10-4-5-12(18)7-13(10)16(25)24-6-2-3-11(9-24)15-22-8-14(23-15)17(19,20)21/h4-5,7-8,11H,2-3,6,9H2,1H3,(H,22,23). The number of aromatic amines is 1. The van der Waals surface area contributed by atoms with Gasteiger partial charge in [0.15, 0.2) is 0 Å². The minimum atomic E-state index is -4.48. The zero-order valence-corrected chi connectivity index (χ0v) is 13.5. The average Bonchev–Trinajstić information content (AvgIpc) is 3.07. The predicted molar refractivity (Wildman–Crippen MR) is 82.6 cm³/mol. The monoisotopic (exact) mass is 355 g/mol. The number of carbonyl (C=O) groups excluding carboxylic acids is 1. The van der Waals surface area contributed by atoms with Gasteiger partial charge in [-0.2, -0.15) is 13.2 Å². The van der Waals surface area contributed by atoms with Crippen LogP contribution in [-0.2, 0) is 6.18 Å². The maximum atomic E-state index is 13.4. The summed E-state index contributed by atoms with van der Waals surface area (Å²) in [7, 11) is 0. The van der Waals surface area contributed by atoms with Crippen molar-refractivity contribution in [2.75, 3.05) is 13.1 Å². The number of aryl methyl sites for hydroxylation is 1. The summed E-state index contributed by atoms with van der Waals surface area (Å²) in [5.41, 5.74) is 0.0360. The van der Waals surface area contributed by atoms with Gasteiger partial charge in [0.25, 0.3) is 5.91 Å². The maximum absolute atomic E-state index is 13.4. The highest BCUT2D eigenvalue weighted by molar-refractivity contribution is 5.95. The Balaban J connectivity index is 1.78. The summed E-state index contributed by atoms with van der Waals surface area (Å²) in [5.74, 6) is -0.892. The fraction of sp³-hybridized carbons (Fsp3) is 0.412. The Bertz CT molecular complexity index is 784. The van der Waals surface area contributed by atoms with Gasteiger partial charge >= 0.3 is 6.18 Å². The van der Waals surface area contributed by atoms with Crippen molar-refractivity contribution in [1.29, 1.82) is 0 Å². The normalized spacial score (nSPS) is 18.4. The van der Waals surface area contributed by atoms with Crippen LogP contribution < -0.4 is 0 Å². The molecular formula is C17H17F4N3O. The van der Waals surface area contributed by atoms with Gasteiger partial charge in [0.2, 0.25) is 0 Å². The Kier molecular flexibility index (Phi) is 4.53. The first-order valence-electron chi connectivity index (χ1n) is 7.93. The molecule has 2 aromatic rings. The van der Waals surface area contributed by atoms with E-state index in [0.29, 0.717) is 24.9 Å². The molecule has 0 aliphatic carbocycles. The lowest BCUT2D eigenvalue weighted by Crippen LogP contribution is -2.39. The molecule has 25 heavy (non-hydrogen) atoms. The van der Waals surface area contributed by atoms with Gasteiger partial charge in [-0.15, -0.1) is 0 Å². The number of hydrogen-bond donors (Lipinski definition) is 1. The van der Waals surface area contributed by atoms with E-state index >= 15 is 0 Å². The number of halogens is 4. The smallest absolute Gasteiger partial charge is 0.338 e. The number of H-pyrrole nitrogens is 1. The molecule has 0 radical (unpaired) electrons. The fourth-order valence-corrected chi connectivity index (χ4v) is 3.07. The van der Waals surface area contributed by atoms with Gasteiger partial charge in [0.05, 0.1) is 6.20 Å². The highest BCUT2D eigenvalue weighted by Crippen LogP contribution is 2.31. The minimum absolute atomic E-state index is 0.223. The topological polar surface area (TPSA) is 49.0 Å². The van der Waals surface area contributed by atoms with Gasteiger partial charge in [-0.3, -0.25) is 4.79 Å². The van der Waals surface area contributed by atoms with Crippen LogP contribution in [0.2, 0.25) is 0 Å². The molecule has 134 valence electrons. The molecule has 1 N–H and O–H groups in total. The van der Waals surface area contributed by atoms with Crippen LogP contribution in [0.1, 0.15) is 46.2 Å². The van der Waals surface area contributed by atoms with E-state index in [9.17, 15) is 22.4 Å². The molecule has 1 aliphatic rings. The first kappa shape index (κ1) is 17.4. The first-order chi connectivity index (χ1) is 11.8. The molecule has 1 aromatic carbocycles. The molecule has 0 saturated carbocycles. The lowest BCUT2D eigenvalue weighted by molar-refractivity contribution is -0.141.